The van der Waals surface area contributed by atoms with Gasteiger partial charge >= 0.3 is 0 Å². The number of hydrogen-bond donors (Lipinski definition) is 0. The maximum absolute atomic E-state index is 2.52. The van der Waals surface area contributed by atoms with E-state index in [9.17, 15) is 0 Å². The number of benzene rings is 2. The second-order valence-corrected chi connectivity index (χ2v) is 13.0. The minimum absolute atomic E-state index is 0.337. The van der Waals surface area contributed by atoms with Crippen molar-refractivity contribution in [2.45, 2.75) is 48.6 Å². The molecule has 0 spiro atoms. The van der Waals surface area contributed by atoms with Crippen LogP contribution in [-0.4, -0.2) is 43.5 Å². The Balaban J connectivity index is 1.57. The second-order valence-electron chi connectivity index (χ2n) is 7.38. The van der Waals surface area contributed by atoms with Crippen molar-refractivity contribution in [1.82, 2.24) is 0 Å². The number of nitrogens with zero attached hydrogens (tertiary/aromatic N) is 2. The third-order valence-electron chi connectivity index (χ3n) is 5.74. The summed E-state index contributed by atoms with van der Waals surface area (Å²) >= 11 is 11.2. The van der Waals surface area contributed by atoms with Gasteiger partial charge in [0.15, 0.2) is 0 Å². The molecule has 0 bridgehead atoms. The van der Waals surface area contributed by atoms with Gasteiger partial charge in [0.2, 0.25) is 0 Å². The first-order valence-electron chi connectivity index (χ1n) is 10.9. The van der Waals surface area contributed by atoms with Crippen LogP contribution in [0, 0.1) is 0 Å². The molecule has 2 aromatic rings. The minimum Gasteiger partial charge on any atom is -0.355 e. The van der Waals surface area contributed by atoms with E-state index in [0.717, 1.165) is 13.1 Å². The van der Waals surface area contributed by atoms with Gasteiger partial charge in [0.1, 0.15) is 0 Å². The SMILES string of the molecule is CCN1C(=CC=CC2Sc3cc(SC)c(SC)cc3N2CC)Sc2cc(SC)c(SC)cc21. The standard InChI is InChI=1S/C25H30N2S6/c1-7-26-16-12-20(28-3)22(30-5)14-18(16)32-24(26)10-9-11-25-27(8-2)17-13-21(29-4)23(31-6)15-19(17)33-25/h9-15,24H,7-8H2,1-6H3. The number of hydrogen-bond acceptors (Lipinski definition) is 8. The molecule has 2 aliphatic rings. The predicted octanol–water partition coefficient (Wildman–Crippen LogP) is 8.86. The Morgan fingerprint density at radius 3 is 1.94 bits per heavy atom. The summed E-state index contributed by atoms with van der Waals surface area (Å²) in [5, 5.41) is 1.65. The fourth-order valence-electron chi connectivity index (χ4n) is 4.10. The largest absolute Gasteiger partial charge is 0.355 e. The number of fused-ring (bicyclic) bond motifs is 2. The van der Waals surface area contributed by atoms with E-state index in [1.165, 1.54) is 45.8 Å². The number of thioether (sulfide) groups is 6. The number of allylic oxidation sites excluding steroid dienone is 2. The van der Waals surface area contributed by atoms with Crippen molar-refractivity contribution in [3.8, 4) is 0 Å². The van der Waals surface area contributed by atoms with E-state index >= 15 is 0 Å². The third kappa shape index (κ3) is 5.12. The quantitative estimate of drug-likeness (QED) is 0.297. The molecule has 176 valence electrons. The summed E-state index contributed by atoms with van der Waals surface area (Å²) in [5.41, 5.74) is 2.72. The second kappa shape index (κ2) is 11.6. The molecule has 0 N–H and O–H groups in total. The zero-order valence-corrected chi connectivity index (χ0v) is 24.8. The van der Waals surface area contributed by atoms with Crippen LogP contribution >= 0.6 is 70.6 Å². The molecule has 0 saturated heterocycles. The lowest BCUT2D eigenvalue weighted by atomic mass is 10.2. The van der Waals surface area contributed by atoms with Crippen LogP contribution < -0.4 is 9.80 Å². The zero-order chi connectivity index (χ0) is 23.5. The number of likely N-dealkylation sites (N-methyl/N-ethyl adjacent to an activating group) is 1. The van der Waals surface area contributed by atoms with E-state index < -0.39 is 0 Å². The maximum atomic E-state index is 2.52. The van der Waals surface area contributed by atoms with Gasteiger partial charge in [-0.3, -0.25) is 0 Å². The highest BCUT2D eigenvalue weighted by molar-refractivity contribution is 8.04. The van der Waals surface area contributed by atoms with Gasteiger partial charge in [-0.15, -0.1) is 47.0 Å². The molecule has 2 nitrogen and oxygen atoms in total. The Bertz CT molecular complexity index is 1080. The molecule has 4 rings (SSSR count). The van der Waals surface area contributed by atoms with Crippen molar-refractivity contribution >= 4 is 81.9 Å². The van der Waals surface area contributed by atoms with Crippen LogP contribution in [-0.2, 0) is 0 Å². The zero-order valence-electron chi connectivity index (χ0n) is 19.9. The van der Waals surface area contributed by atoms with Crippen LogP contribution in [0.2, 0.25) is 0 Å². The van der Waals surface area contributed by atoms with Crippen molar-refractivity contribution in [2.24, 2.45) is 0 Å². The molecule has 0 aromatic heterocycles. The average Bonchev–Trinajstić information content (AvgIpc) is 3.37. The van der Waals surface area contributed by atoms with Gasteiger partial charge in [0.05, 0.1) is 21.8 Å². The van der Waals surface area contributed by atoms with Gasteiger partial charge < -0.3 is 9.80 Å². The van der Waals surface area contributed by atoms with Crippen LogP contribution in [0.25, 0.3) is 0 Å². The lowest BCUT2D eigenvalue weighted by molar-refractivity contribution is 0.873. The molecule has 2 aliphatic heterocycles. The third-order valence-corrected chi connectivity index (χ3v) is 11.5. The molecule has 0 amide bonds. The minimum atomic E-state index is 0.337. The van der Waals surface area contributed by atoms with Crippen LogP contribution in [0.5, 0.6) is 0 Å². The molecular formula is C25H30N2S6. The van der Waals surface area contributed by atoms with Gasteiger partial charge in [-0.2, -0.15) is 0 Å². The van der Waals surface area contributed by atoms with Crippen molar-refractivity contribution in [3.05, 3.63) is 47.5 Å². The summed E-state index contributed by atoms with van der Waals surface area (Å²) in [7, 11) is 0. The van der Waals surface area contributed by atoms with Crippen molar-refractivity contribution in [2.75, 3.05) is 47.9 Å². The van der Waals surface area contributed by atoms with E-state index in [4.69, 9.17) is 0 Å². The average molecular weight is 551 g/mol. The summed E-state index contributed by atoms with van der Waals surface area (Å²) in [6.45, 7) is 6.48. The molecule has 0 radical (unpaired) electrons. The Morgan fingerprint density at radius 1 is 0.788 bits per heavy atom. The summed E-state index contributed by atoms with van der Waals surface area (Å²) in [6, 6.07) is 9.48. The maximum Gasteiger partial charge on any atom is 0.0985 e. The number of rotatable bonds is 8. The van der Waals surface area contributed by atoms with Gasteiger partial charge in [-0.25, -0.2) is 0 Å². The highest BCUT2D eigenvalue weighted by Crippen LogP contribution is 2.50. The first kappa shape index (κ1) is 25.7. The molecule has 33 heavy (non-hydrogen) atoms. The van der Waals surface area contributed by atoms with Crippen molar-refractivity contribution in [3.63, 3.8) is 0 Å². The molecule has 0 fully saturated rings. The van der Waals surface area contributed by atoms with Gasteiger partial charge in [0.25, 0.3) is 0 Å². The molecule has 0 aliphatic carbocycles. The van der Waals surface area contributed by atoms with E-state index in [0.29, 0.717) is 5.37 Å². The highest BCUT2D eigenvalue weighted by Gasteiger charge is 2.29. The normalized spacial score (nSPS) is 18.6. The van der Waals surface area contributed by atoms with Crippen molar-refractivity contribution < 1.29 is 0 Å². The molecule has 8 heteroatoms. The summed E-state index contributed by atoms with van der Waals surface area (Å²) in [6.07, 6.45) is 15.6. The molecule has 1 unspecified atom stereocenters. The molecular weight excluding hydrogens is 521 g/mol. The fraction of sp³-hybridized carbons (Fsp3) is 0.360. The smallest absolute Gasteiger partial charge is 0.0985 e. The first-order valence-corrected chi connectivity index (χ1v) is 17.5. The first-order chi connectivity index (χ1) is 16.1. The molecule has 1 atom stereocenters. The van der Waals surface area contributed by atoms with Gasteiger partial charge in [-0.05, 0) is 69.2 Å². The van der Waals surface area contributed by atoms with Crippen LogP contribution in [0.4, 0.5) is 11.4 Å². The summed E-state index contributed by atoms with van der Waals surface area (Å²) < 4.78 is 0. The molecule has 2 heterocycles. The highest BCUT2D eigenvalue weighted by atomic mass is 32.2. The summed E-state index contributed by atoms with van der Waals surface area (Å²) in [4.78, 5) is 13.2. The predicted molar refractivity (Wildman–Crippen MR) is 159 cm³/mol. The summed E-state index contributed by atoms with van der Waals surface area (Å²) in [5.74, 6) is 0. The fourth-order valence-corrected chi connectivity index (χ4v) is 9.69. The van der Waals surface area contributed by atoms with Crippen LogP contribution in [0.15, 0.2) is 76.9 Å². The Kier molecular flexibility index (Phi) is 9.01. The Labute approximate surface area is 224 Å². The topological polar surface area (TPSA) is 6.48 Å². The Morgan fingerprint density at radius 2 is 1.36 bits per heavy atom. The van der Waals surface area contributed by atoms with E-state index in [1.54, 1.807) is 0 Å². The van der Waals surface area contributed by atoms with E-state index in [-0.39, 0.29) is 0 Å². The van der Waals surface area contributed by atoms with Crippen LogP contribution in [0.3, 0.4) is 0 Å². The van der Waals surface area contributed by atoms with Crippen LogP contribution in [0.1, 0.15) is 13.8 Å². The lowest BCUT2D eigenvalue weighted by Gasteiger charge is -2.23. The number of anilines is 2. The molecule has 2 aromatic carbocycles. The Hall–Kier alpha value is -0.380. The van der Waals surface area contributed by atoms with E-state index in [2.05, 4.69) is 91.2 Å². The van der Waals surface area contributed by atoms with E-state index in [1.807, 2.05) is 70.6 Å². The van der Waals surface area contributed by atoms with Gasteiger partial charge in [0, 0.05) is 42.5 Å². The molecule has 0 saturated carbocycles. The lowest BCUT2D eigenvalue weighted by Crippen LogP contribution is -2.27. The van der Waals surface area contributed by atoms with Crippen molar-refractivity contribution in [1.29, 1.82) is 0 Å². The monoisotopic (exact) mass is 550 g/mol. The van der Waals surface area contributed by atoms with Gasteiger partial charge in [-0.1, -0.05) is 35.7 Å².